The predicted octanol–water partition coefficient (Wildman–Crippen LogP) is -0.955. The minimum absolute atomic E-state index is 0.00516. The van der Waals surface area contributed by atoms with Crippen molar-refractivity contribution in [1.82, 2.24) is 0 Å². The second kappa shape index (κ2) is 7.29. The minimum atomic E-state index is -2.04. The van der Waals surface area contributed by atoms with E-state index in [4.69, 9.17) is 26.0 Å². The Morgan fingerprint density at radius 2 is 1.94 bits per heavy atom. The Hall–Kier alpha value is -1.02. The van der Waals surface area contributed by atoms with Gasteiger partial charge in [-0.25, -0.2) is 4.79 Å². The van der Waals surface area contributed by atoms with Gasteiger partial charge in [-0.3, -0.25) is 4.79 Å². The van der Waals surface area contributed by atoms with Crippen molar-refractivity contribution >= 4 is 11.8 Å². The first-order chi connectivity index (χ1) is 7.40. The lowest BCUT2D eigenvalue weighted by Gasteiger charge is -2.17. The van der Waals surface area contributed by atoms with Crippen molar-refractivity contribution in [3.8, 4) is 0 Å². The zero-order valence-electron chi connectivity index (χ0n) is 9.27. The number of carbonyl (C=O) groups excluding carboxylic acids is 1. The number of ketones is 1. The quantitative estimate of drug-likeness (QED) is 0.346. The third kappa shape index (κ3) is 6.46. The molecule has 0 bridgehead atoms. The smallest absolute Gasteiger partial charge is 0.338 e. The van der Waals surface area contributed by atoms with E-state index in [1.54, 1.807) is 0 Å². The molecule has 0 fully saturated rings. The molecular weight excluding hydrogens is 216 g/mol. The molecule has 0 spiro atoms. The van der Waals surface area contributed by atoms with Crippen molar-refractivity contribution in [2.75, 3.05) is 20.0 Å². The van der Waals surface area contributed by atoms with Gasteiger partial charge in [-0.15, -0.1) is 0 Å². The summed E-state index contributed by atoms with van der Waals surface area (Å²) >= 11 is 0. The zero-order chi connectivity index (χ0) is 12.6. The van der Waals surface area contributed by atoms with E-state index in [0.29, 0.717) is 6.61 Å². The summed E-state index contributed by atoms with van der Waals surface area (Å²) in [7, 11) is 0. The fraction of sp³-hybridized carbons (Fsp3) is 0.778. The molecule has 0 rings (SSSR count). The van der Waals surface area contributed by atoms with E-state index >= 15 is 0 Å². The van der Waals surface area contributed by atoms with E-state index in [-0.39, 0.29) is 13.4 Å². The summed E-state index contributed by atoms with van der Waals surface area (Å²) < 4.78 is 9.80. The maximum absolute atomic E-state index is 11.2. The molecule has 0 saturated heterocycles. The lowest BCUT2D eigenvalue weighted by molar-refractivity contribution is -0.146. The van der Waals surface area contributed by atoms with E-state index in [1.807, 2.05) is 6.92 Å². The molecule has 0 atom stereocenters. The van der Waals surface area contributed by atoms with Crippen molar-refractivity contribution in [3.63, 3.8) is 0 Å². The van der Waals surface area contributed by atoms with Crippen LogP contribution in [0.1, 0.15) is 19.8 Å². The second-order valence-corrected chi connectivity index (χ2v) is 3.44. The molecule has 16 heavy (non-hydrogen) atoms. The second-order valence-electron chi connectivity index (χ2n) is 3.44. The van der Waals surface area contributed by atoms with Crippen LogP contribution in [0.5, 0.6) is 0 Å². The molecule has 7 nitrogen and oxygen atoms in total. The summed E-state index contributed by atoms with van der Waals surface area (Å²) in [5.41, 5.74) is 8.33. The van der Waals surface area contributed by atoms with Crippen LogP contribution in [0.2, 0.25) is 0 Å². The topological polar surface area (TPSA) is 125 Å². The third-order valence-electron chi connectivity index (χ3n) is 1.67. The Balaban J connectivity index is 3.71. The number of carboxylic acid groups (broad SMARTS) is 1. The molecule has 0 heterocycles. The monoisotopic (exact) mass is 234 g/mol. The van der Waals surface area contributed by atoms with Gasteiger partial charge in [0.15, 0.2) is 11.4 Å². The van der Waals surface area contributed by atoms with Crippen LogP contribution < -0.4 is 11.5 Å². The van der Waals surface area contributed by atoms with Gasteiger partial charge in [-0.2, -0.15) is 0 Å². The molecule has 5 N–H and O–H groups in total. The molecule has 0 amide bonds. The SMILES string of the molecule is CCCOCOCC(=O)CC(N)(N)C(=O)O. The first kappa shape index (κ1) is 15.0. The molecule has 0 aromatic carbocycles. The van der Waals surface area contributed by atoms with Crippen LogP contribution in [-0.2, 0) is 19.1 Å². The Bertz CT molecular complexity index is 242. The number of nitrogens with two attached hydrogens (primary N) is 2. The Kier molecular flexibility index (Phi) is 6.82. The number of hydrogen-bond donors (Lipinski definition) is 3. The number of rotatable bonds is 9. The van der Waals surface area contributed by atoms with Gasteiger partial charge in [0.25, 0.3) is 0 Å². The number of aliphatic carboxylic acids is 1. The highest BCUT2D eigenvalue weighted by Crippen LogP contribution is 2.00. The van der Waals surface area contributed by atoms with E-state index in [1.165, 1.54) is 0 Å². The number of Topliss-reactive ketones (excluding diaryl/α,β-unsaturated/α-hetero) is 1. The highest BCUT2D eigenvalue weighted by Gasteiger charge is 2.31. The number of ether oxygens (including phenoxy) is 2. The molecule has 0 aromatic rings. The van der Waals surface area contributed by atoms with Gasteiger partial charge in [0, 0.05) is 6.61 Å². The lowest BCUT2D eigenvalue weighted by Crippen LogP contribution is -2.57. The van der Waals surface area contributed by atoms with Crippen molar-refractivity contribution in [2.45, 2.75) is 25.4 Å². The fourth-order valence-corrected chi connectivity index (χ4v) is 0.871. The number of hydrogen-bond acceptors (Lipinski definition) is 6. The standard InChI is InChI=1S/C9H18N2O5/c1-2-3-15-6-16-5-7(12)4-9(10,11)8(13)14/h2-6,10-11H2,1H3,(H,13,14). The number of carbonyl (C=O) groups is 2. The molecule has 0 aliphatic carbocycles. The van der Waals surface area contributed by atoms with Gasteiger partial charge in [0.05, 0.1) is 6.42 Å². The zero-order valence-corrected chi connectivity index (χ0v) is 9.27. The summed E-state index contributed by atoms with van der Waals surface area (Å²) in [6.07, 6.45) is 0.376. The first-order valence-corrected chi connectivity index (χ1v) is 4.88. The Morgan fingerprint density at radius 1 is 1.31 bits per heavy atom. The van der Waals surface area contributed by atoms with Crippen LogP contribution in [0.3, 0.4) is 0 Å². The molecule has 7 heteroatoms. The van der Waals surface area contributed by atoms with Crippen LogP contribution in [0.4, 0.5) is 0 Å². The maximum Gasteiger partial charge on any atom is 0.338 e. The van der Waals surface area contributed by atoms with Gasteiger partial charge >= 0.3 is 5.97 Å². The Morgan fingerprint density at radius 3 is 2.44 bits per heavy atom. The van der Waals surface area contributed by atoms with Crippen molar-refractivity contribution in [2.24, 2.45) is 11.5 Å². The van der Waals surface area contributed by atoms with Crippen molar-refractivity contribution in [3.05, 3.63) is 0 Å². The average Bonchev–Trinajstić information content (AvgIpc) is 2.16. The van der Waals surface area contributed by atoms with Crippen LogP contribution in [0.15, 0.2) is 0 Å². The molecule has 0 unspecified atom stereocenters. The highest BCUT2D eigenvalue weighted by molar-refractivity contribution is 5.88. The largest absolute Gasteiger partial charge is 0.479 e. The summed E-state index contributed by atoms with van der Waals surface area (Å²) in [4.78, 5) is 21.7. The predicted molar refractivity (Wildman–Crippen MR) is 55.4 cm³/mol. The van der Waals surface area contributed by atoms with Gasteiger partial charge < -0.3 is 26.0 Å². The van der Waals surface area contributed by atoms with Gasteiger partial charge in [0.2, 0.25) is 0 Å². The van der Waals surface area contributed by atoms with E-state index < -0.39 is 23.8 Å². The van der Waals surface area contributed by atoms with E-state index in [9.17, 15) is 9.59 Å². The van der Waals surface area contributed by atoms with Crippen LogP contribution >= 0.6 is 0 Å². The fourth-order valence-electron chi connectivity index (χ4n) is 0.871. The van der Waals surface area contributed by atoms with Crippen molar-refractivity contribution in [1.29, 1.82) is 0 Å². The highest BCUT2D eigenvalue weighted by atomic mass is 16.7. The molecule has 0 aliphatic heterocycles. The summed E-state index contributed by atoms with van der Waals surface area (Å²) in [5, 5.41) is 8.56. The van der Waals surface area contributed by atoms with Gasteiger partial charge in [-0.05, 0) is 6.42 Å². The van der Waals surface area contributed by atoms with Crippen LogP contribution in [0.25, 0.3) is 0 Å². The van der Waals surface area contributed by atoms with Gasteiger partial charge in [-0.1, -0.05) is 6.92 Å². The minimum Gasteiger partial charge on any atom is -0.479 e. The summed E-state index contributed by atoms with van der Waals surface area (Å²) in [5.74, 6) is -1.91. The molecule has 0 aromatic heterocycles. The first-order valence-electron chi connectivity index (χ1n) is 4.88. The van der Waals surface area contributed by atoms with Crippen LogP contribution in [0, 0.1) is 0 Å². The normalized spacial score (nSPS) is 11.4. The Labute approximate surface area is 93.7 Å². The number of carboxylic acids is 1. The molecule has 0 aliphatic rings. The summed E-state index contributed by atoms with van der Waals surface area (Å²) in [6, 6.07) is 0. The van der Waals surface area contributed by atoms with Crippen LogP contribution in [-0.4, -0.2) is 42.5 Å². The average molecular weight is 234 g/mol. The van der Waals surface area contributed by atoms with E-state index in [0.717, 1.165) is 6.42 Å². The lowest BCUT2D eigenvalue weighted by atomic mass is 10.1. The summed E-state index contributed by atoms with van der Waals surface area (Å²) in [6.45, 7) is 2.22. The van der Waals surface area contributed by atoms with Crippen molar-refractivity contribution < 1.29 is 24.2 Å². The molecule has 94 valence electrons. The molecule has 0 radical (unpaired) electrons. The van der Waals surface area contributed by atoms with Gasteiger partial charge in [0.1, 0.15) is 13.4 Å². The maximum atomic E-state index is 11.2. The third-order valence-corrected chi connectivity index (χ3v) is 1.67. The van der Waals surface area contributed by atoms with E-state index in [2.05, 4.69) is 0 Å². The molecular formula is C9H18N2O5. The molecule has 0 saturated carbocycles.